The second-order valence-corrected chi connectivity index (χ2v) is 9.14. The Balaban J connectivity index is 4.53. The van der Waals surface area contributed by atoms with Crippen LogP contribution in [0.15, 0.2) is 0 Å². The molecule has 0 aromatic carbocycles. The topological polar surface area (TPSA) is 3.24 Å². The average molecular weight is 298 g/mol. The molecule has 0 fully saturated rings. The first kappa shape index (κ1) is 21.0. The lowest BCUT2D eigenvalue weighted by atomic mass is 9.73. The highest BCUT2D eigenvalue weighted by Gasteiger charge is 2.29. The lowest BCUT2D eigenvalue weighted by molar-refractivity contribution is 0.113. The summed E-state index contributed by atoms with van der Waals surface area (Å²) in [6.45, 7) is 25.2. The molecule has 1 unspecified atom stereocenters. The molecule has 0 spiro atoms. The zero-order valence-corrected chi connectivity index (χ0v) is 16.6. The van der Waals surface area contributed by atoms with E-state index < -0.39 is 0 Å². The summed E-state index contributed by atoms with van der Waals surface area (Å²) >= 11 is 0. The normalized spacial score (nSPS) is 15.0. The zero-order chi connectivity index (χ0) is 16.7. The van der Waals surface area contributed by atoms with E-state index in [1.165, 1.54) is 45.3 Å². The van der Waals surface area contributed by atoms with E-state index in [1.54, 1.807) is 0 Å². The fraction of sp³-hybridized carbons (Fsp3) is 1.00. The molecule has 0 aliphatic carbocycles. The Labute approximate surface area is 135 Å². The van der Waals surface area contributed by atoms with Crippen LogP contribution in [0.4, 0.5) is 0 Å². The van der Waals surface area contributed by atoms with Gasteiger partial charge in [-0.2, -0.15) is 0 Å². The van der Waals surface area contributed by atoms with E-state index in [0.29, 0.717) is 10.8 Å². The number of nitrogens with zero attached hydrogens (tertiary/aromatic N) is 1. The molecule has 0 aliphatic rings. The molecule has 0 heterocycles. The van der Waals surface area contributed by atoms with Gasteiger partial charge in [0.05, 0.1) is 0 Å². The average Bonchev–Trinajstić information content (AvgIpc) is 2.34. The summed E-state index contributed by atoms with van der Waals surface area (Å²) in [6.07, 6.45) is 5.19. The summed E-state index contributed by atoms with van der Waals surface area (Å²) in [6, 6.07) is 0. The van der Waals surface area contributed by atoms with Crippen molar-refractivity contribution in [2.45, 2.75) is 88.0 Å². The maximum Gasteiger partial charge on any atom is 0.00329 e. The van der Waals surface area contributed by atoms with Gasteiger partial charge in [-0.3, -0.25) is 0 Å². The summed E-state index contributed by atoms with van der Waals surface area (Å²) in [5.41, 5.74) is 0.877. The minimum absolute atomic E-state index is 0.412. The van der Waals surface area contributed by atoms with Crippen LogP contribution >= 0.6 is 0 Å². The van der Waals surface area contributed by atoms with Crippen LogP contribution in [0.1, 0.15) is 88.0 Å². The van der Waals surface area contributed by atoms with Gasteiger partial charge in [0.1, 0.15) is 0 Å². The van der Waals surface area contributed by atoms with E-state index in [2.05, 4.69) is 67.2 Å². The summed E-state index contributed by atoms with van der Waals surface area (Å²) < 4.78 is 0. The molecule has 0 saturated carbocycles. The van der Waals surface area contributed by atoms with Crippen LogP contribution in [0, 0.1) is 22.7 Å². The fourth-order valence-electron chi connectivity index (χ4n) is 3.39. The van der Waals surface area contributed by atoms with Crippen LogP contribution in [-0.4, -0.2) is 24.5 Å². The molecule has 0 aliphatic heterocycles. The maximum atomic E-state index is 2.71. The van der Waals surface area contributed by atoms with Crippen molar-refractivity contribution in [1.82, 2.24) is 4.90 Å². The highest BCUT2D eigenvalue weighted by Crippen LogP contribution is 2.36. The fourth-order valence-corrected chi connectivity index (χ4v) is 3.39. The molecule has 0 N–H and O–H groups in total. The van der Waals surface area contributed by atoms with Crippen LogP contribution in [0.2, 0.25) is 0 Å². The Morgan fingerprint density at radius 1 is 0.857 bits per heavy atom. The predicted octanol–water partition coefficient (Wildman–Crippen LogP) is 6.23. The zero-order valence-electron chi connectivity index (χ0n) is 16.6. The third kappa shape index (κ3) is 9.55. The smallest absolute Gasteiger partial charge is 0.00329 e. The molecule has 21 heavy (non-hydrogen) atoms. The van der Waals surface area contributed by atoms with Crippen LogP contribution < -0.4 is 0 Å². The van der Waals surface area contributed by atoms with Gasteiger partial charge in [-0.15, -0.1) is 0 Å². The standard InChI is InChI=1S/C20H43N/c1-10-13-21(14-12-18(5)17(3)4)16-20(8,9)15-19(6,7)11-2/h17-18H,10-16H2,1-9H3. The Morgan fingerprint density at radius 2 is 1.43 bits per heavy atom. The minimum atomic E-state index is 0.412. The van der Waals surface area contributed by atoms with Crippen LogP contribution in [0.5, 0.6) is 0 Å². The molecule has 0 aromatic heterocycles. The van der Waals surface area contributed by atoms with Gasteiger partial charge < -0.3 is 4.90 Å². The van der Waals surface area contributed by atoms with Gasteiger partial charge in [-0.1, -0.05) is 68.7 Å². The molecule has 0 rings (SSSR count). The first-order valence-electron chi connectivity index (χ1n) is 9.25. The van der Waals surface area contributed by atoms with Crippen molar-refractivity contribution in [1.29, 1.82) is 0 Å². The number of hydrogen-bond acceptors (Lipinski definition) is 1. The Bertz CT molecular complexity index is 265. The first-order valence-corrected chi connectivity index (χ1v) is 9.25. The van der Waals surface area contributed by atoms with Crippen molar-refractivity contribution < 1.29 is 0 Å². The third-order valence-corrected chi connectivity index (χ3v) is 5.14. The number of hydrogen-bond donors (Lipinski definition) is 0. The van der Waals surface area contributed by atoms with Crippen molar-refractivity contribution in [3.8, 4) is 0 Å². The number of rotatable bonds is 11. The van der Waals surface area contributed by atoms with E-state index in [9.17, 15) is 0 Å². The summed E-state index contributed by atoms with van der Waals surface area (Å²) in [4.78, 5) is 2.71. The van der Waals surface area contributed by atoms with Gasteiger partial charge in [0.25, 0.3) is 0 Å². The van der Waals surface area contributed by atoms with Crippen molar-refractivity contribution in [2.75, 3.05) is 19.6 Å². The van der Waals surface area contributed by atoms with Crippen molar-refractivity contribution >= 4 is 0 Å². The Hall–Kier alpha value is -0.0400. The minimum Gasteiger partial charge on any atom is -0.303 e. The lowest BCUT2D eigenvalue weighted by Crippen LogP contribution is -2.38. The van der Waals surface area contributed by atoms with E-state index in [-0.39, 0.29) is 0 Å². The highest BCUT2D eigenvalue weighted by molar-refractivity contribution is 4.81. The van der Waals surface area contributed by atoms with Gasteiger partial charge >= 0.3 is 0 Å². The molecule has 1 heteroatoms. The van der Waals surface area contributed by atoms with E-state index in [4.69, 9.17) is 0 Å². The second kappa shape index (κ2) is 9.18. The summed E-state index contributed by atoms with van der Waals surface area (Å²) in [5, 5.41) is 0. The van der Waals surface area contributed by atoms with Crippen LogP contribution in [0.3, 0.4) is 0 Å². The Morgan fingerprint density at radius 3 is 1.86 bits per heavy atom. The maximum absolute atomic E-state index is 2.71. The quantitative estimate of drug-likeness (QED) is 0.437. The van der Waals surface area contributed by atoms with Crippen LogP contribution in [-0.2, 0) is 0 Å². The van der Waals surface area contributed by atoms with E-state index >= 15 is 0 Å². The Kier molecular flexibility index (Phi) is 9.16. The molecule has 1 atom stereocenters. The summed E-state index contributed by atoms with van der Waals surface area (Å²) in [7, 11) is 0. The van der Waals surface area contributed by atoms with Gasteiger partial charge in [0, 0.05) is 6.54 Å². The molecular weight excluding hydrogens is 254 g/mol. The molecule has 0 aromatic rings. The molecule has 0 amide bonds. The van der Waals surface area contributed by atoms with Crippen LogP contribution in [0.25, 0.3) is 0 Å². The van der Waals surface area contributed by atoms with E-state index in [0.717, 1.165) is 11.8 Å². The van der Waals surface area contributed by atoms with Gasteiger partial charge in [0.15, 0.2) is 0 Å². The molecular formula is C20H43N. The van der Waals surface area contributed by atoms with Crippen molar-refractivity contribution in [2.24, 2.45) is 22.7 Å². The molecule has 1 nitrogen and oxygen atoms in total. The van der Waals surface area contributed by atoms with Crippen molar-refractivity contribution in [3.63, 3.8) is 0 Å². The van der Waals surface area contributed by atoms with Gasteiger partial charge in [0.2, 0.25) is 0 Å². The van der Waals surface area contributed by atoms with Gasteiger partial charge in [-0.05, 0) is 55.0 Å². The molecule has 0 bridgehead atoms. The summed E-state index contributed by atoms with van der Waals surface area (Å²) in [5.74, 6) is 1.64. The SMILES string of the molecule is CCCN(CCC(C)C(C)C)CC(C)(C)CC(C)(C)CC. The molecule has 128 valence electrons. The van der Waals surface area contributed by atoms with Crippen molar-refractivity contribution in [3.05, 3.63) is 0 Å². The van der Waals surface area contributed by atoms with E-state index in [1.807, 2.05) is 0 Å². The predicted molar refractivity (Wildman–Crippen MR) is 97.8 cm³/mol. The highest BCUT2D eigenvalue weighted by atomic mass is 15.1. The third-order valence-electron chi connectivity index (χ3n) is 5.14. The molecule has 0 saturated heterocycles. The first-order chi connectivity index (χ1) is 9.53. The van der Waals surface area contributed by atoms with Gasteiger partial charge in [-0.25, -0.2) is 0 Å². The second-order valence-electron chi connectivity index (χ2n) is 9.14. The molecule has 0 radical (unpaired) electrons. The largest absolute Gasteiger partial charge is 0.303 e. The lowest BCUT2D eigenvalue weighted by Gasteiger charge is -2.38. The monoisotopic (exact) mass is 297 g/mol.